The molecule has 1 aliphatic heterocycles. The molecule has 1 atom stereocenters. The first-order chi connectivity index (χ1) is 11.6. The average molecular weight is 383 g/mol. The Morgan fingerprint density at radius 1 is 1.20 bits per heavy atom. The van der Waals surface area contributed by atoms with Crippen molar-refractivity contribution in [2.24, 2.45) is 0 Å². The van der Waals surface area contributed by atoms with E-state index in [1.165, 1.54) is 36.2 Å². The van der Waals surface area contributed by atoms with Gasteiger partial charge in [0.25, 0.3) is 0 Å². The molecule has 0 aliphatic carbocycles. The van der Waals surface area contributed by atoms with E-state index in [-0.39, 0.29) is 12.4 Å². The zero-order valence-corrected chi connectivity index (χ0v) is 16.8. The normalized spacial score (nSPS) is 18.2. The number of likely N-dealkylation sites (N-methyl/N-ethyl adjacent to an activating group) is 1. The summed E-state index contributed by atoms with van der Waals surface area (Å²) in [6, 6.07) is 8.63. The molecule has 0 bridgehead atoms. The minimum atomic E-state index is 0. The maximum absolute atomic E-state index is 5.97. The number of rotatable bonds is 5. The van der Waals surface area contributed by atoms with Gasteiger partial charge in [0.05, 0.1) is 12.2 Å². The molecule has 4 nitrogen and oxygen atoms in total. The van der Waals surface area contributed by atoms with Crippen LogP contribution in [0.15, 0.2) is 24.3 Å². The predicted octanol–water partition coefficient (Wildman–Crippen LogP) is 3.81. The average Bonchev–Trinajstić information content (AvgIpc) is 2.85. The van der Waals surface area contributed by atoms with E-state index >= 15 is 0 Å². The van der Waals surface area contributed by atoms with Crippen molar-refractivity contribution in [2.45, 2.75) is 45.8 Å². The van der Waals surface area contributed by atoms with Gasteiger partial charge in [-0.3, -0.25) is 9.58 Å². The van der Waals surface area contributed by atoms with E-state index in [1.54, 1.807) is 0 Å². The van der Waals surface area contributed by atoms with Crippen molar-refractivity contribution in [3.05, 3.63) is 51.8 Å². The van der Waals surface area contributed by atoms with E-state index in [4.69, 9.17) is 16.7 Å². The van der Waals surface area contributed by atoms with Gasteiger partial charge in [-0.15, -0.1) is 12.4 Å². The third-order valence-corrected chi connectivity index (χ3v) is 5.32. The van der Waals surface area contributed by atoms with E-state index in [0.29, 0.717) is 6.04 Å². The van der Waals surface area contributed by atoms with Crippen LogP contribution in [0.1, 0.15) is 35.4 Å². The lowest BCUT2D eigenvalue weighted by atomic mass is 10.0. The van der Waals surface area contributed by atoms with Crippen LogP contribution in [0, 0.1) is 13.8 Å². The number of hydrogen-bond donors (Lipinski definition) is 1. The van der Waals surface area contributed by atoms with E-state index in [0.717, 1.165) is 30.4 Å². The molecule has 1 unspecified atom stereocenters. The Bertz CT molecular complexity index is 681. The van der Waals surface area contributed by atoms with Gasteiger partial charge in [-0.25, -0.2) is 0 Å². The lowest BCUT2D eigenvalue weighted by Gasteiger charge is -2.32. The molecule has 0 spiro atoms. The summed E-state index contributed by atoms with van der Waals surface area (Å²) in [5, 5.41) is 8.97. The number of halogens is 2. The van der Waals surface area contributed by atoms with Gasteiger partial charge in [0.15, 0.2) is 0 Å². The number of likely N-dealkylation sites (tertiary alicyclic amines) is 1. The summed E-state index contributed by atoms with van der Waals surface area (Å²) in [6.07, 6.45) is 2.54. The van der Waals surface area contributed by atoms with Gasteiger partial charge in [-0.2, -0.15) is 5.10 Å². The summed E-state index contributed by atoms with van der Waals surface area (Å²) in [5.41, 5.74) is 5.02. The number of benzene rings is 1. The molecule has 0 saturated carbocycles. The number of aromatic nitrogens is 2. The molecular formula is C19H28Cl2N4. The number of nitrogens with one attached hydrogen (secondary N) is 1. The number of nitrogens with zero attached hydrogens (tertiary/aromatic N) is 3. The van der Waals surface area contributed by atoms with Crippen molar-refractivity contribution in [2.75, 3.05) is 20.1 Å². The summed E-state index contributed by atoms with van der Waals surface area (Å²) in [6.45, 7) is 8.40. The summed E-state index contributed by atoms with van der Waals surface area (Å²) in [5.74, 6) is 0. The topological polar surface area (TPSA) is 33.1 Å². The minimum Gasteiger partial charge on any atom is -0.316 e. The molecule has 3 rings (SSSR count). The van der Waals surface area contributed by atoms with Crippen LogP contribution in [-0.2, 0) is 13.1 Å². The molecule has 138 valence electrons. The highest BCUT2D eigenvalue weighted by Gasteiger charge is 2.21. The van der Waals surface area contributed by atoms with Gasteiger partial charge in [0.2, 0.25) is 0 Å². The molecule has 1 aromatic carbocycles. The fourth-order valence-corrected chi connectivity index (χ4v) is 3.66. The third-order valence-electron chi connectivity index (χ3n) is 5.07. The highest BCUT2D eigenvalue weighted by molar-refractivity contribution is 6.30. The van der Waals surface area contributed by atoms with Crippen molar-refractivity contribution in [3.8, 4) is 0 Å². The second kappa shape index (κ2) is 9.04. The molecule has 1 saturated heterocycles. The van der Waals surface area contributed by atoms with Gasteiger partial charge in [-0.1, -0.05) is 23.7 Å². The van der Waals surface area contributed by atoms with E-state index in [1.807, 2.05) is 12.1 Å². The second-order valence-corrected chi connectivity index (χ2v) is 7.23. The SMILES string of the molecule is CNC1CCCN(Cc2c(C)nn(Cc3ccc(Cl)cc3)c2C)C1.Cl. The second-order valence-electron chi connectivity index (χ2n) is 6.80. The first-order valence-corrected chi connectivity index (χ1v) is 9.11. The predicted molar refractivity (Wildman–Crippen MR) is 107 cm³/mol. The molecule has 6 heteroatoms. The van der Waals surface area contributed by atoms with Crippen molar-refractivity contribution in [1.82, 2.24) is 20.0 Å². The Labute approximate surface area is 162 Å². The van der Waals surface area contributed by atoms with Crippen LogP contribution >= 0.6 is 24.0 Å². The van der Waals surface area contributed by atoms with Gasteiger partial charge in [-0.05, 0) is 58.0 Å². The van der Waals surface area contributed by atoms with Crippen molar-refractivity contribution >= 4 is 24.0 Å². The first-order valence-electron chi connectivity index (χ1n) is 8.73. The smallest absolute Gasteiger partial charge is 0.0662 e. The van der Waals surface area contributed by atoms with Crippen LogP contribution in [0.4, 0.5) is 0 Å². The van der Waals surface area contributed by atoms with Crippen LogP contribution < -0.4 is 5.32 Å². The van der Waals surface area contributed by atoms with Crippen molar-refractivity contribution in [3.63, 3.8) is 0 Å². The van der Waals surface area contributed by atoms with Gasteiger partial charge >= 0.3 is 0 Å². The molecule has 25 heavy (non-hydrogen) atoms. The van der Waals surface area contributed by atoms with E-state index < -0.39 is 0 Å². The number of piperidine rings is 1. The number of aryl methyl sites for hydroxylation is 1. The monoisotopic (exact) mass is 382 g/mol. The van der Waals surface area contributed by atoms with Crippen LogP contribution in [0.5, 0.6) is 0 Å². The molecule has 0 amide bonds. The van der Waals surface area contributed by atoms with E-state index in [9.17, 15) is 0 Å². The van der Waals surface area contributed by atoms with Gasteiger partial charge in [0, 0.05) is 35.4 Å². The summed E-state index contributed by atoms with van der Waals surface area (Å²) < 4.78 is 2.12. The zero-order chi connectivity index (χ0) is 17.1. The molecule has 1 aromatic heterocycles. The maximum atomic E-state index is 5.97. The highest BCUT2D eigenvalue weighted by atomic mass is 35.5. The van der Waals surface area contributed by atoms with Crippen molar-refractivity contribution in [1.29, 1.82) is 0 Å². The van der Waals surface area contributed by atoms with Gasteiger partial charge < -0.3 is 5.32 Å². The highest BCUT2D eigenvalue weighted by Crippen LogP contribution is 2.20. The molecule has 2 aromatic rings. The van der Waals surface area contributed by atoms with Crippen LogP contribution in [0.2, 0.25) is 5.02 Å². The molecule has 0 radical (unpaired) electrons. The fourth-order valence-electron chi connectivity index (χ4n) is 3.54. The molecule has 1 aliphatic rings. The van der Waals surface area contributed by atoms with E-state index in [2.05, 4.69) is 47.9 Å². The maximum Gasteiger partial charge on any atom is 0.0662 e. The Kier molecular flexibility index (Phi) is 7.32. The Morgan fingerprint density at radius 3 is 2.60 bits per heavy atom. The summed E-state index contributed by atoms with van der Waals surface area (Å²) in [7, 11) is 2.06. The number of hydrogen-bond acceptors (Lipinski definition) is 3. The zero-order valence-electron chi connectivity index (χ0n) is 15.3. The van der Waals surface area contributed by atoms with Crippen LogP contribution in [0.25, 0.3) is 0 Å². The molecule has 1 fully saturated rings. The summed E-state index contributed by atoms with van der Waals surface area (Å²) in [4.78, 5) is 2.55. The summed E-state index contributed by atoms with van der Waals surface area (Å²) >= 11 is 5.97. The standard InChI is InChI=1S/C19H27ClN4.ClH/c1-14-19(13-23-10-4-5-18(12-23)21-3)15(2)24(22-14)11-16-6-8-17(20)9-7-16;/h6-9,18,21H,4-5,10-13H2,1-3H3;1H. The van der Waals surface area contributed by atoms with Gasteiger partial charge in [0.1, 0.15) is 0 Å². The lowest BCUT2D eigenvalue weighted by molar-refractivity contribution is 0.187. The van der Waals surface area contributed by atoms with Crippen LogP contribution in [0.3, 0.4) is 0 Å². The largest absolute Gasteiger partial charge is 0.316 e. The minimum absolute atomic E-state index is 0. The molecular weight excluding hydrogens is 355 g/mol. The van der Waals surface area contributed by atoms with Crippen molar-refractivity contribution < 1.29 is 0 Å². The Morgan fingerprint density at radius 2 is 1.92 bits per heavy atom. The molecule has 1 N–H and O–H groups in total. The fraction of sp³-hybridized carbons (Fsp3) is 0.526. The first kappa shape index (κ1) is 20.2. The Hall–Kier alpha value is -1.07. The third kappa shape index (κ3) is 4.98. The molecule has 2 heterocycles. The van der Waals surface area contributed by atoms with Crippen LogP contribution in [-0.4, -0.2) is 40.9 Å². The quantitative estimate of drug-likeness (QED) is 0.853. The lowest BCUT2D eigenvalue weighted by Crippen LogP contribution is -2.44. The Balaban J connectivity index is 0.00000225.